The van der Waals surface area contributed by atoms with Gasteiger partial charge in [-0.25, -0.2) is 4.79 Å². The van der Waals surface area contributed by atoms with Crippen LogP contribution in [0.5, 0.6) is 0 Å². The Bertz CT molecular complexity index is 1210. The Morgan fingerprint density at radius 3 is 2.24 bits per heavy atom. The van der Waals surface area contributed by atoms with Crippen LogP contribution >= 0.6 is 0 Å². The largest absolute Gasteiger partial charge is 0.444 e. The minimum absolute atomic E-state index is 0.1000. The maximum absolute atomic E-state index is 13.1. The Balaban J connectivity index is 1.06. The molecule has 11 heteroatoms. The van der Waals surface area contributed by atoms with Gasteiger partial charge in [0, 0.05) is 38.3 Å². The van der Waals surface area contributed by atoms with Gasteiger partial charge < -0.3 is 19.9 Å². The van der Waals surface area contributed by atoms with E-state index in [0.717, 1.165) is 75.5 Å². The number of anilines is 1. The fraction of sp³-hybridized carbons (Fsp3) is 0.633. The monoisotopic (exact) mass is 567 g/mol. The Morgan fingerprint density at radius 2 is 1.59 bits per heavy atom. The van der Waals surface area contributed by atoms with Crippen LogP contribution in [0.4, 0.5) is 10.5 Å². The number of benzene rings is 1. The summed E-state index contributed by atoms with van der Waals surface area (Å²) in [4.78, 5) is 67.4. The SMILES string of the molecule is CC(C)(C)OC(=O)N1CCC(CN2CCC(CNc3ccc4c(c3)C(=O)N(C3CCC(=O)NC3=O)C4=O)CC2)CC1. The molecule has 1 aromatic rings. The molecule has 5 rings (SSSR count). The van der Waals surface area contributed by atoms with E-state index in [2.05, 4.69) is 15.5 Å². The van der Waals surface area contributed by atoms with Crippen molar-refractivity contribution in [2.45, 2.75) is 70.9 Å². The van der Waals surface area contributed by atoms with Gasteiger partial charge in [-0.1, -0.05) is 0 Å². The predicted octanol–water partition coefficient (Wildman–Crippen LogP) is 2.86. The molecule has 4 aliphatic rings. The van der Waals surface area contributed by atoms with Crippen molar-refractivity contribution in [1.29, 1.82) is 0 Å². The summed E-state index contributed by atoms with van der Waals surface area (Å²) in [6, 6.07) is 4.18. The van der Waals surface area contributed by atoms with Crippen molar-refractivity contribution in [3.8, 4) is 0 Å². The van der Waals surface area contributed by atoms with E-state index in [1.165, 1.54) is 0 Å². The van der Waals surface area contributed by atoms with Crippen molar-refractivity contribution in [3.63, 3.8) is 0 Å². The number of nitrogens with one attached hydrogen (secondary N) is 2. The molecule has 0 bridgehead atoms. The first-order valence-corrected chi connectivity index (χ1v) is 14.8. The number of rotatable bonds is 6. The molecule has 222 valence electrons. The van der Waals surface area contributed by atoms with Gasteiger partial charge in [0.2, 0.25) is 11.8 Å². The van der Waals surface area contributed by atoms with Gasteiger partial charge in [-0.05, 0) is 96.0 Å². The summed E-state index contributed by atoms with van der Waals surface area (Å²) in [5.41, 5.74) is 0.880. The fourth-order valence-electron chi connectivity index (χ4n) is 6.21. The van der Waals surface area contributed by atoms with Gasteiger partial charge in [0.15, 0.2) is 0 Å². The van der Waals surface area contributed by atoms with Crippen LogP contribution in [-0.4, -0.2) is 95.3 Å². The maximum Gasteiger partial charge on any atom is 0.410 e. The first-order valence-electron chi connectivity index (χ1n) is 14.8. The van der Waals surface area contributed by atoms with E-state index < -0.39 is 29.4 Å². The summed E-state index contributed by atoms with van der Waals surface area (Å²) >= 11 is 0. The lowest BCUT2D eigenvalue weighted by Gasteiger charge is -2.38. The zero-order valence-electron chi connectivity index (χ0n) is 24.2. The van der Waals surface area contributed by atoms with E-state index >= 15 is 0 Å². The van der Waals surface area contributed by atoms with Gasteiger partial charge in [0.25, 0.3) is 11.8 Å². The summed E-state index contributed by atoms with van der Waals surface area (Å²) in [7, 11) is 0. The van der Waals surface area contributed by atoms with Gasteiger partial charge in [0.05, 0.1) is 11.1 Å². The number of carbonyl (C=O) groups is 5. The Morgan fingerprint density at radius 1 is 0.927 bits per heavy atom. The third-order valence-electron chi connectivity index (χ3n) is 8.52. The smallest absolute Gasteiger partial charge is 0.410 e. The average Bonchev–Trinajstić information content (AvgIpc) is 3.17. The topological polar surface area (TPSA) is 128 Å². The molecule has 0 aromatic heterocycles. The molecule has 0 aliphatic carbocycles. The van der Waals surface area contributed by atoms with Crippen LogP contribution in [-0.2, 0) is 14.3 Å². The average molecular weight is 568 g/mol. The Labute approximate surface area is 240 Å². The van der Waals surface area contributed by atoms with Gasteiger partial charge in [-0.15, -0.1) is 0 Å². The standard InChI is InChI=1S/C30H41N5O6/c1-30(2,3)41-29(40)34-14-10-20(11-15-34)18-33-12-8-19(9-13-33)17-31-21-4-5-22-23(16-21)28(39)35(27(22)38)24-6-7-25(36)32-26(24)37/h4-5,16,19-20,24,31H,6-15,17-18H2,1-3H3,(H,32,36,37). The lowest BCUT2D eigenvalue weighted by atomic mass is 9.92. The number of nitrogens with zero attached hydrogens (tertiary/aromatic N) is 3. The number of hydrogen-bond donors (Lipinski definition) is 2. The van der Waals surface area contributed by atoms with Crippen molar-refractivity contribution in [3.05, 3.63) is 29.3 Å². The molecule has 3 saturated heterocycles. The first-order chi connectivity index (χ1) is 19.5. The molecule has 1 aromatic carbocycles. The summed E-state index contributed by atoms with van der Waals surface area (Å²) in [6.07, 6.45) is 4.19. The molecule has 5 amide bonds. The number of likely N-dealkylation sites (tertiary alicyclic amines) is 2. The predicted molar refractivity (Wildman–Crippen MR) is 151 cm³/mol. The summed E-state index contributed by atoms with van der Waals surface area (Å²) < 4.78 is 5.51. The highest BCUT2D eigenvalue weighted by molar-refractivity contribution is 6.23. The van der Waals surface area contributed by atoms with Gasteiger partial charge in [-0.3, -0.25) is 29.4 Å². The second-order valence-electron chi connectivity index (χ2n) is 12.7. The van der Waals surface area contributed by atoms with E-state index in [4.69, 9.17) is 4.74 Å². The zero-order valence-corrected chi connectivity index (χ0v) is 24.2. The second-order valence-corrected chi connectivity index (χ2v) is 12.7. The number of fused-ring (bicyclic) bond motifs is 1. The molecule has 0 radical (unpaired) electrons. The number of amides is 5. The Hall–Kier alpha value is -3.47. The third kappa shape index (κ3) is 6.72. The quantitative estimate of drug-likeness (QED) is 0.503. The van der Waals surface area contributed by atoms with Crippen molar-refractivity contribution >= 4 is 35.4 Å². The molecule has 4 aliphatic heterocycles. The van der Waals surface area contributed by atoms with E-state index in [1.54, 1.807) is 18.2 Å². The fourth-order valence-corrected chi connectivity index (χ4v) is 6.21. The highest BCUT2D eigenvalue weighted by Gasteiger charge is 2.44. The maximum atomic E-state index is 13.1. The number of imide groups is 2. The number of carbonyl (C=O) groups excluding carboxylic acids is 5. The lowest BCUT2D eigenvalue weighted by Crippen LogP contribution is -2.54. The molecule has 1 unspecified atom stereocenters. The molecule has 1 atom stereocenters. The molecule has 11 nitrogen and oxygen atoms in total. The van der Waals surface area contributed by atoms with E-state index in [-0.39, 0.29) is 36.0 Å². The van der Waals surface area contributed by atoms with E-state index in [1.807, 2.05) is 25.7 Å². The van der Waals surface area contributed by atoms with Crippen LogP contribution in [0.25, 0.3) is 0 Å². The molecular formula is C30H41N5O6. The van der Waals surface area contributed by atoms with Crippen LogP contribution in [0.3, 0.4) is 0 Å². The Kier molecular flexibility index (Phi) is 8.35. The van der Waals surface area contributed by atoms with Crippen LogP contribution < -0.4 is 10.6 Å². The van der Waals surface area contributed by atoms with Gasteiger partial charge >= 0.3 is 6.09 Å². The van der Waals surface area contributed by atoms with Crippen molar-refractivity contribution in [2.75, 3.05) is 44.6 Å². The molecule has 4 heterocycles. The number of ether oxygens (including phenoxy) is 1. The van der Waals surface area contributed by atoms with Gasteiger partial charge in [0.1, 0.15) is 11.6 Å². The molecular weight excluding hydrogens is 526 g/mol. The number of hydrogen-bond acceptors (Lipinski definition) is 8. The first kappa shape index (κ1) is 29.0. The molecule has 2 N–H and O–H groups in total. The summed E-state index contributed by atoms with van der Waals surface area (Å²) in [6.45, 7) is 11.1. The van der Waals surface area contributed by atoms with Crippen LogP contribution in [0, 0.1) is 11.8 Å². The van der Waals surface area contributed by atoms with Crippen molar-refractivity contribution < 1.29 is 28.7 Å². The summed E-state index contributed by atoms with van der Waals surface area (Å²) in [5, 5.41) is 5.66. The minimum atomic E-state index is -0.959. The second kappa shape index (κ2) is 11.8. The zero-order chi connectivity index (χ0) is 29.3. The van der Waals surface area contributed by atoms with E-state index in [9.17, 15) is 24.0 Å². The molecule has 0 saturated carbocycles. The highest BCUT2D eigenvalue weighted by Crippen LogP contribution is 2.30. The highest BCUT2D eigenvalue weighted by atomic mass is 16.6. The number of piperidine rings is 3. The van der Waals surface area contributed by atoms with Crippen molar-refractivity contribution in [2.24, 2.45) is 11.8 Å². The van der Waals surface area contributed by atoms with Gasteiger partial charge in [-0.2, -0.15) is 0 Å². The van der Waals surface area contributed by atoms with Crippen LogP contribution in [0.1, 0.15) is 80.0 Å². The molecule has 41 heavy (non-hydrogen) atoms. The van der Waals surface area contributed by atoms with Crippen molar-refractivity contribution in [1.82, 2.24) is 20.0 Å². The minimum Gasteiger partial charge on any atom is -0.444 e. The van der Waals surface area contributed by atoms with Crippen LogP contribution in [0.2, 0.25) is 0 Å². The lowest BCUT2D eigenvalue weighted by molar-refractivity contribution is -0.136. The molecule has 0 spiro atoms. The third-order valence-corrected chi connectivity index (χ3v) is 8.52. The van der Waals surface area contributed by atoms with E-state index in [0.29, 0.717) is 11.8 Å². The van der Waals surface area contributed by atoms with Crippen LogP contribution in [0.15, 0.2) is 18.2 Å². The molecule has 3 fully saturated rings. The summed E-state index contributed by atoms with van der Waals surface area (Å²) in [5.74, 6) is -0.879. The normalized spacial score (nSPS) is 23.0.